The molecule has 112 valence electrons. The molecular formula is C14H17FN4OS. The summed E-state index contributed by atoms with van der Waals surface area (Å²) in [6.45, 7) is 1.83. The Morgan fingerprint density at radius 3 is 2.48 bits per heavy atom. The highest BCUT2D eigenvalue weighted by Crippen LogP contribution is 2.26. The molecule has 1 unspecified atom stereocenters. The summed E-state index contributed by atoms with van der Waals surface area (Å²) < 4.78 is 14.8. The molecular weight excluding hydrogens is 291 g/mol. The van der Waals surface area contributed by atoms with Crippen LogP contribution < -0.4 is 0 Å². The van der Waals surface area contributed by atoms with Crippen molar-refractivity contribution in [3.63, 3.8) is 0 Å². The van der Waals surface area contributed by atoms with Crippen molar-refractivity contribution in [3.05, 3.63) is 30.1 Å². The molecule has 0 bridgehead atoms. The largest absolute Gasteiger partial charge is 0.348 e. The van der Waals surface area contributed by atoms with Gasteiger partial charge in [0.25, 0.3) is 0 Å². The lowest BCUT2D eigenvalue weighted by atomic mass is 10.2. The minimum Gasteiger partial charge on any atom is -0.348 e. The first-order chi connectivity index (χ1) is 9.90. The van der Waals surface area contributed by atoms with Crippen molar-refractivity contribution in [1.29, 1.82) is 0 Å². The number of rotatable bonds is 4. The Hall–Kier alpha value is -1.89. The molecule has 7 heteroatoms. The Bertz CT molecular complexity index is 639. The first-order valence-corrected chi connectivity index (χ1v) is 7.31. The summed E-state index contributed by atoms with van der Waals surface area (Å²) in [7, 11) is 5.27. The van der Waals surface area contributed by atoms with E-state index in [9.17, 15) is 9.18 Å². The number of benzene rings is 1. The minimum atomic E-state index is -0.291. The fraction of sp³-hybridized carbons (Fsp3) is 0.357. The van der Waals surface area contributed by atoms with Crippen molar-refractivity contribution < 1.29 is 9.18 Å². The Morgan fingerprint density at radius 1 is 1.29 bits per heavy atom. The van der Waals surface area contributed by atoms with Gasteiger partial charge >= 0.3 is 0 Å². The summed E-state index contributed by atoms with van der Waals surface area (Å²) >= 11 is 1.35. The molecule has 0 saturated carbocycles. The van der Waals surface area contributed by atoms with E-state index in [1.807, 2.05) is 14.0 Å². The van der Waals surface area contributed by atoms with Crippen LogP contribution in [0.4, 0.5) is 4.39 Å². The molecule has 1 aromatic heterocycles. The number of nitrogens with zero attached hydrogens (tertiary/aromatic N) is 4. The second-order valence-corrected chi connectivity index (χ2v) is 6.17. The van der Waals surface area contributed by atoms with E-state index >= 15 is 0 Å². The van der Waals surface area contributed by atoms with E-state index in [1.54, 1.807) is 35.7 Å². The number of carbonyl (C=O) groups excluding carboxylic acids is 1. The molecule has 0 spiro atoms. The van der Waals surface area contributed by atoms with Crippen LogP contribution in [0.25, 0.3) is 11.4 Å². The van der Waals surface area contributed by atoms with Crippen molar-refractivity contribution in [2.24, 2.45) is 7.05 Å². The van der Waals surface area contributed by atoms with Gasteiger partial charge in [-0.1, -0.05) is 11.8 Å². The van der Waals surface area contributed by atoms with Crippen LogP contribution in [0.15, 0.2) is 29.4 Å². The van der Waals surface area contributed by atoms with E-state index in [0.717, 1.165) is 5.56 Å². The fourth-order valence-corrected chi connectivity index (χ4v) is 2.80. The van der Waals surface area contributed by atoms with Crippen LogP contribution in [0.5, 0.6) is 0 Å². The molecule has 1 aromatic carbocycles. The summed E-state index contributed by atoms with van der Waals surface area (Å²) in [5, 5.41) is 8.63. The predicted molar refractivity (Wildman–Crippen MR) is 80.4 cm³/mol. The van der Waals surface area contributed by atoms with E-state index in [-0.39, 0.29) is 17.0 Å². The van der Waals surface area contributed by atoms with E-state index in [2.05, 4.69) is 10.2 Å². The lowest BCUT2D eigenvalue weighted by Gasteiger charge is -2.15. The number of hydrogen-bond acceptors (Lipinski definition) is 4. The molecule has 1 amide bonds. The molecule has 0 radical (unpaired) electrons. The predicted octanol–water partition coefficient (Wildman–Crippen LogP) is 2.19. The molecule has 0 N–H and O–H groups in total. The van der Waals surface area contributed by atoms with Gasteiger partial charge in [-0.3, -0.25) is 4.79 Å². The molecule has 2 rings (SSSR count). The fourth-order valence-electron chi connectivity index (χ4n) is 1.84. The second kappa shape index (κ2) is 6.26. The zero-order valence-electron chi connectivity index (χ0n) is 12.4. The zero-order chi connectivity index (χ0) is 15.6. The summed E-state index contributed by atoms with van der Waals surface area (Å²) in [5.74, 6) is 0.369. The topological polar surface area (TPSA) is 51.0 Å². The summed E-state index contributed by atoms with van der Waals surface area (Å²) in [6, 6.07) is 6.08. The Morgan fingerprint density at radius 2 is 1.90 bits per heavy atom. The maximum Gasteiger partial charge on any atom is 0.235 e. The molecule has 0 aliphatic heterocycles. The van der Waals surface area contributed by atoms with Crippen LogP contribution in [-0.2, 0) is 11.8 Å². The van der Waals surface area contributed by atoms with Crippen LogP contribution in [0.1, 0.15) is 6.92 Å². The third-order valence-electron chi connectivity index (χ3n) is 3.01. The molecule has 5 nitrogen and oxygen atoms in total. The van der Waals surface area contributed by atoms with Gasteiger partial charge in [-0.15, -0.1) is 10.2 Å². The lowest BCUT2D eigenvalue weighted by Crippen LogP contribution is -2.29. The molecule has 0 aliphatic rings. The van der Waals surface area contributed by atoms with Gasteiger partial charge in [-0.25, -0.2) is 4.39 Å². The van der Waals surface area contributed by atoms with Crippen molar-refractivity contribution in [2.45, 2.75) is 17.3 Å². The highest BCUT2D eigenvalue weighted by Gasteiger charge is 2.20. The van der Waals surface area contributed by atoms with Gasteiger partial charge in [0, 0.05) is 26.7 Å². The quantitative estimate of drug-likeness (QED) is 0.813. The van der Waals surface area contributed by atoms with E-state index in [4.69, 9.17) is 0 Å². The van der Waals surface area contributed by atoms with Crippen molar-refractivity contribution >= 4 is 17.7 Å². The normalized spacial score (nSPS) is 12.2. The van der Waals surface area contributed by atoms with Gasteiger partial charge in [0.2, 0.25) is 5.91 Å². The molecule has 0 saturated heterocycles. The van der Waals surface area contributed by atoms with Crippen molar-refractivity contribution in [3.8, 4) is 11.4 Å². The van der Waals surface area contributed by atoms with Gasteiger partial charge in [0.15, 0.2) is 11.0 Å². The minimum absolute atomic E-state index is 0.0198. The van der Waals surface area contributed by atoms with Gasteiger partial charge in [0.1, 0.15) is 5.82 Å². The van der Waals surface area contributed by atoms with Gasteiger partial charge in [0.05, 0.1) is 5.25 Å². The smallest absolute Gasteiger partial charge is 0.235 e. The van der Waals surface area contributed by atoms with Crippen molar-refractivity contribution in [1.82, 2.24) is 19.7 Å². The summed E-state index contributed by atoms with van der Waals surface area (Å²) in [5.41, 5.74) is 0.782. The molecule has 21 heavy (non-hydrogen) atoms. The standard InChI is InChI=1S/C14H17FN4OS/c1-9(13(20)18(2)3)21-14-17-16-12(19(14)4)10-5-7-11(15)8-6-10/h5-9H,1-4H3. The summed E-state index contributed by atoms with van der Waals surface area (Å²) in [4.78, 5) is 13.4. The Kier molecular flexibility index (Phi) is 4.62. The molecule has 2 aromatic rings. The maximum atomic E-state index is 13.0. The van der Waals surface area contributed by atoms with Gasteiger partial charge < -0.3 is 9.47 Å². The lowest BCUT2D eigenvalue weighted by molar-refractivity contribution is -0.127. The van der Waals surface area contributed by atoms with Gasteiger partial charge in [-0.2, -0.15) is 0 Å². The number of carbonyl (C=O) groups is 1. The zero-order valence-corrected chi connectivity index (χ0v) is 13.2. The van der Waals surface area contributed by atoms with Crippen molar-refractivity contribution in [2.75, 3.05) is 14.1 Å². The number of amides is 1. The molecule has 1 atom stereocenters. The third-order valence-corrected chi connectivity index (χ3v) is 4.13. The number of thioether (sulfide) groups is 1. The molecule has 0 aliphatic carbocycles. The second-order valence-electron chi connectivity index (χ2n) is 4.86. The summed E-state index contributed by atoms with van der Waals surface area (Å²) in [6.07, 6.45) is 0. The SMILES string of the molecule is CC(Sc1nnc(-c2ccc(F)cc2)n1C)C(=O)N(C)C. The average Bonchev–Trinajstić information content (AvgIpc) is 2.80. The number of aromatic nitrogens is 3. The Balaban J connectivity index is 2.21. The highest BCUT2D eigenvalue weighted by molar-refractivity contribution is 8.00. The monoisotopic (exact) mass is 308 g/mol. The number of hydrogen-bond donors (Lipinski definition) is 0. The Labute approximate surface area is 127 Å². The average molecular weight is 308 g/mol. The third kappa shape index (κ3) is 3.41. The highest BCUT2D eigenvalue weighted by atomic mass is 32.2. The van der Waals surface area contributed by atoms with E-state index < -0.39 is 0 Å². The first-order valence-electron chi connectivity index (χ1n) is 6.43. The van der Waals surface area contributed by atoms with Crippen LogP contribution in [0, 0.1) is 5.82 Å². The van der Waals surface area contributed by atoms with E-state index in [1.165, 1.54) is 23.9 Å². The van der Waals surface area contributed by atoms with Crippen LogP contribution in [0.2, 0.25) is 0 Å². The molecule has 0 fully saturated rings. The maximum absolute atomic E-state index is 13.0. The van der Waals surface area contributed by atoms with Crippen LogP contribution in [0.3, 0.4) is 0 Å². The first kappa shape index (κ1) is 15.5. The number of halogens is 1. The van der Waals surface area contributed by atoms with Crippen LogP contribution in [-0.4, -0.2) is 44.9 Å². The van der Waals surface area contributed by atoms with Gasteiger partial charge in [-0.05, 0) is 31.2 Å². The van der Waals surface area contributed by atoms with E-state index in [0.29, 0.717) is 11.0 Å². The molecule has 1 heterocycles. The van der Waals surface area contributed by atoms with Crippen LogP contribution >= 0.6 is 11.8 Å².